The molecule has 1 aliphatic heterocycles. The number of anilines is 1. The lowest BCUT2D eigenvalue weighted by Crippen LogP contribution is -2.42. The number of halogens is 1. The highest BCUT2D eigenvalue weighted by Crippen LogP contribution is 2.39. The molecule has 1 aliphatic rings. The van der Waals surface area contributed by atoms with Crippen LogP contribution in [-0.2, 0) is 6.42 Å². The Morgan fingerprint density at radius 2 is 1.88 bits per heavy atom. The summed E-state index contributed by atoms with van der Waals surface area (Å²) in [7, 11) is 3.35. The Balaban J connectivity index is 1.54. The molecule has 2 aromatic carbocycles. The number of nitrogens with one attached hydrogen (secondary N) is 2. The van der Waals surface area contributed by atoms with Crippen LogP contribution in [0.2, 0.25) is 5.02 Å². The normalized spacial score (nSPS) is 15.2. The maximum Gasteiger partial charge on any atom is 0.416 e. The largest absolute Gasteiger partial charge is 0.497 e. The van der Waals surface area contributed by atoms with Crippen molar-refractivity contribution in [1.82, 2.24) is 19.9 Å². The fourth-order valence-corrected chi connectivity index (χ4v) is 4.39. The van der Waals surface area contributed by atoms with E-state index in [0.29, 0.717) is 35.4 Å². The molecule has 2 aromatic heterocycles. The second-order valence-electron chi connectivity index (χ2n) is 7.69. The van der Waals surface area contributed by atoms with Crippen LogP contribution in [0.25, 0.3) is 10.9 Å². The monoisotopic (exact) mass is 463 g/mol. The molecule has 0 radical (unpaired) electrons. The van der Waals surface area contributed by atoms with E-state index in [1.165, 1.54) is 0 Å². The molecule has 0 bridgehead atoms. The number of aromatic amines is 1. The highest BCUT2D eigenvalue weighted by Gasteiger charge is 2.36. The first-order valence-corrected chi connectivity index (χ1v) is 10.9. The number of carbonyl (C=O) groups is 1. The van der Waals surface area contributed by atoms with Crippen molar-refractivity contribution in [2.24, 2.45) is 0 Å². The van der Waals surface area contributed by atoms with Gasteiger partial charge in [0.25, 0.3) is 0 Å². The first-order valence-electron chi connectivity index (χ1n) is 10.5. The molecule has 9 heteroatoms. The van der Waals surface area contributed by atoms with E-state index in [-0.39, 0.29) is 0 Å². The number of nitrogens with zero attached hydrogens (tertiary/aromatic N) is 3. The van der Waals surface area contributed by atoms with Crippen molar-refractivity contribution in [3.05, 3.63) is 76.7 Å². The van der Waals surface area contributed by atoms with Gasteiger partial charge in [-0.05, 0) is 54.4 Å². The smallest absolute Gasteiger partial charge is 0.416 e. The van der Waals surface area contributed by atoms with E-state index < -0.39 is 12.1 Å². The molecule has 3 heterocycles. The zero-order chi connectivity index (χ0) is 22.9. The van der Waals surface area contributed by atoms with Gasteiger partial charge in [0, 0.05) is 53.2 Å². The van der Waals surface area contributed by atoms with Gasteiger partial charge in [0.1, 0.15) is 17.5 Å². The number of H-pyrrole nitrogens is 1. The summed E-state index contributed by atoms with van der Waals surface area (Å²) in [4.78, 5) is 27.2. The SMILES string of the molecule is CNc1ncc(C2c3[nH]c4ccc(Cl)cc4c3CCN2C(=O)Oc2ccc(OC)cc2)cn1. The molecule has 0 spiro atoms. The third kappa shape index (κ3) is 3.93. The fourth-order valence-electron chi connectivity index (χ4n) is 4.22. The van der Waals surface area contributed by atoms with Gasteiger partial charge in [-0.2, -0.15) is 0 Å². The first-order chi connectivity index (χ1) is 16.1. The lowest BCUT2D eigenvalue weighted by Gasteiger charge is -2.35. The Labute approximate surface area is 195 Å². The number of benzene rings is 2. The molecule has 1 unspecified atom stereocenters. The van der Waals surface area contributed by atoms with Crippen molar-refractivity contribution in [2.75, 3.05) is 26.0 Å². The minimum atomic E-state index is -0.454. The van der Waals surface area contributed by atoms with Gasteiger partial charge in [-0.25, -0.2) is 14.8 Å². The number of methoxy groups -OCH3 is 1. The number of amides is 1. The Hall–Kier alpha value is -3.78. The summed E-state index contributed by atoms with van der Waals surface area (Å²) in [6.45, 7) is 0.472. The van der Waals surface area contributed by atoms with Crippen LogP contribution >= 0.6 is 11.6 Å². The zero-order valence-corrected chi connectivity index (χ0v) is 18.9. The lowest BCUT2D eigenvalue weighted by atomic mass is 9.94. The molecular formula is C24H22ClN5O3. The molecule has 1 atom stereocenters. The quantitative estimate of drug-likeness (QED) is 0.451. The second-order valence-corrected chi connectivity index (χ2v) is 8.12. The van der Waals surface area contributed by atoms with Crippen LogP contribution in [0.5, 0.6) is 11.5 Å². The van der Waals surface area contributed by atoms with Crippen molar-refractivity contribution < 1.29 is 14.3 Å². The molecule has 5 rings (SSSR count). The lowest BCUT2D eigenvalue weighted by molar-refractivity contribution is 0.135. The number of fused-ring (bicyclic) bond motifs is 3. The van der Waals surface area contributed by atoms with Gasteiger partial charge >= 0.3 is 6.09 Å². The minimum Gasteiger partial charge on any atom is -0.497 e. The van der Waals surface area contributed by atoms with Crippen molar-refractivity contribution in [2.45, 2.75) is 12.5 Å². The van der Waals surface area contributed by atoms with Gasteiger partial charge in [-0.1, -0.05) is 11.6 Å². The molecular weight excluding hydrogens is 442 g/mol. The summed E-state index contributed by atoms with van der Waals surface area (Å²) >= 11 is 6.26. The molecule has 4 aromatic rings. The van der Waals surface area contributed by atoms with Crippen LogP contribution in [0.4, 0.5) is 10.7 Å². The molecule has 2 N–H and O–H groups in total. The van der Waals surface area contributed by atoms with Gasteiger partial charge in [0.2, 0.25) is 5.95 Å². The molecule has 0 saturated heterocycles. The third-order valence-corrected chi connectivity index (χ3v) is 6.03. The number of ether oxygens (including phenoxy) is 2. The van der Waals surface area contributed by atoms with Crippen molar-refractivity contribution in [3.8, 4) is 11.5 Å². The average Bonchev–Trinajstić information content (AvgIpc) is 3.21. The second kappa shape index (κ2) is 8.63. The summed E-state index contributed by atoms with van der Waals surface area (Å²) in [5.74, 6) is 1.63. The van der Waals surface area contributed by atoms with E-state index in [1.54, 1.807) is 55.7 Å². The summed E-state index contributed by atoms with van der Waals surface area (Å²) in [6, 6.07) is 12.2. The summed E-state index contributed by atoms with van der Waals surface area (Å²) < 4.78 is 10.9. The number of hydrogen-bond donors (Lipinski definition) is 2. The van der Waals surface area contributed by atoms with Crippen LogP contribution in [0.15, 0.2) is 54.9 Å². The van der Waals surface area contributed by atoms with Crippen molar-refractivity contribution in [3.63, 3.8) is 0 Å². The Bertz CT molecular complexity index is 1300. The molecule has 0 fully saturated rings. The maximum absolute atomic E-state index is 13.3. The first kappa shape index (κ1) is 21.1. The number of aromatic nitrogens is 3. The minimum absolute atomic E-state index is 0.434. The average molecular weight is 464 g/mol. The van der Waals surface area contributed by atoms with Crippen LogP contribution in [0, 0.1) is 0 Å². The van der Waals surface area contributed by atoms with Gasteiger partial charge in [0.15, 0.2) is 0 Å². The standard InChI is InChI=1S/C24H22ClN5O3/c1-26-23-27-12-14(13-28-23)22-21-18(19-11-15(25)3-8-20(19)29-21)9-10-30(22)24(31)33-17-6-4-16(32-2)5-7-17/h3-8,11-13,22,29H,9-10H2,1-2H3,(H,26,27,28). The maximum atomic E-state index is 13.3. The van der Waals surface area contributed by atoms with Gasteiger partial charge in [-0.15, -0.1) is 0 Å². The third-order valence-electron chi connectivity index (χ3n) is 5.80. The van der Waals surface area contributed by atoms with Crippen LogP contribution < -0.4 is 14.8 Å². The van der Waals surface area contributed by atoms with E-state index in [2.05, 4.69) is 20.3 Å². The van der Waals surface area contributed by atoms with E-state index in [1.807, 2.05) is 18.2 Å². The van der Waals surface area contributed by atoms with Gasteiger partial charge < -0.3 is 19.8 Å². The Morgan fingerprint density at radius 3 is 2.58 bits per heavy atom. The van der Waals surface area contributed by atoms with Crippen LogP contribution in [0.3, 0.4) is 0 Å². The highest BCUT2D eigenvalue weighted by molar-refractivity contribution is 6.31. The highest BCUT2D eigenvalue weighted by atomic mass is 35.5. The molecule has 0 aliphatic carbocycles. The Kier molecular flexibility index (Phi) is 5.51. The van der Waals surface area contributed by atoms with E-state index in [9.17, 15) is 4.79 Å². The number of hydrogen-bond acceptors (Lipinski definition) is 6. The Morgan fingerprint density at radius 1 is 1.15 bits per heavy atom. The van der Waals surface area contributed by atoms with Crippen LogP contribution in [-0.4, -0.2) is 46.6 Å². The zero-order valence-electron chi connectivity index (χ0n) is 18.1. The van der Waals surface area contributed by atoms with E-state index in [4.69, 9.17) is 21.1 Å². The van der Waals surface area contributed by atoms with Crippen LogP contribution in [0.1, 0.15) is 22.9 Å². The van der Waals surface area contributed by atoms with Gasteiger partial charge in [-0.3, -0.25) is 4.90 Å². The topological polar surface area (TPSA) is 92.4 Å². The molecule has 0 saturated carbocycles. The number of carbonyl (C=O) groups excluding carboxylic acids is 1. The summed E-state index contributed by atoms with van der Waals surface area (Å²) in [5, 5.41) is 4.64. The van der Waals surface area contributed by atoms with Crippen molar-refractivity contribution >= 4 is 34.5 Å². The molecule has 8 nitrogen and oxygen atoms in total. The number of rotatable bonds is 4. The van der Waals surface area contributed by atoms with E-state index in [0.717, 1.165) is 27.7 Å². The fraction of sp³-hybridized carbons (Fsp3) is 0.208. The predicted molar refractivity (Wildman–Crippen MR) is 126 cm³/mol. The van der Waals surface area contributed by atoms with Crippen molar-refractivity contribution in [1.29, 1.82) is 0 Å². The summed E-state index contributed by atoms with van der Waals surface area (Å²) in [6.07, 6.45) is 3.67. The molecule has 1 amide bonds. The summed E-state index contributed by atoms with van der Waals surface area (Å²) in [5.41, 5.74) is 3.78. The van der Waals surface area contributed by atoms with Gasteiger partial charge in [0.05, 0.1) is 7.11 Å². The molecule has 168 valence electrons. The van der Waals surface area contributed by atoms with E-state index >= 15 is 0 Å². The molecule has 33 heavy (non-hydrogen) atoms. The predicted octanol–water partition coefficient (Wildman–Crippen LogP) is 4.81.